The summed E-state index contributed by atoms with van der Waals surface area (Å²) in [5, 5.41) is 0. The Morgan fingerprint density at radius 1 is 1.35 bits per heavy atom. The van der Waals surface area contributed by atoms with Crippen LogP contribution in [-0.2, 0) is 6.42 Å². The highest BCUT2D eigenvalue weighted by Gasteiger charge is 2.10. The number of halogens is 2. The molecule has 3 heteroatoms. The van der Waals surface area contributed by atoms with Crippen LogP contribution in [0.25, 0.3) is 0 Å². The van der Waals surface area contributed by atoms with Gasteiger partial charge in [-0.15, -0.1) is 0 Å². The summed E-state index contributed by atoms with van der Waals surface area (Å²) in [6.45, 7) is 0. The number of hydrogen-bond acceptors (Lipinski definition) is 1. The molecular formula is C14H17BrFN. The maximum Gasteiger partial charge on any atom is 0.124 e. The maximum atomic E-state index is 13.0. The van der Waals surface area contributed by atoms with Gasteiger partial charge in [0, 0.05) is 10.5 Å². The van der Waals surface area contributed by atoms with E-state index in [9.17, 15) is 4.39 Å². The number of nitrogens with two attached hydrogens (primary N) is 1. The second-order valence-electron chi connectivity index (χ2n) is 4.65. The molecule has 0 aromatic heterocycles. The molecule has 0 heterocycles. The third-order valence-electron chi connectivity index (χ3n) is 3.17. The Morgan fingerprint density at radius 2 is 2.18 bits per heavy atom. The van der Waals surface area contributed by atoms with Gasteiger partial charge in [-0.3, -0.25) is 0 Å². The highest BCUT2D eigenvalue weighted by atomic mass is 79.9. The van der Waals surface area contributed by atoms with Gasteiger partial charge < -0.3 is 5.73 Å². The quantitative estimate of drug-likeness (QED) is 0.822. The standard InChI is InChI=1S/C14H17BrFN/c15-14-9-12(16)6-5-11(14)7-10-3-1-2-4-13(17)8-10/h5-6,8-9,13H,1-4,7,17H2. The summed E-state index contributed by atoms with van der Waals surface area (Å²) in [5.41, 5.74) is 8.50. The van der Waals surface area contributed by atoms with Crippen LogP contribution in [0.3, 0.4) is 0 Å². The number of benzene rings is 1. The fourth-order valence-electron chi connectivity index (χ4n) is 2.26. The highest BCUT2D eigenvalue weighted by Crippen LogP contribution is 2.25. The molecule has 1 aliphatic rings. The molecule has 1 aliphatic carbocycles. The second kappa shape index (κ2) is 5.78. The lowest BCUT2D eigenvalue weighted by Crippen LogP contribution is -2.16. The zero-order chi connectivity index (χ0) is 12.3. The minimum absolute atomic E-state index is 0.187. The topological polar surface area (TPSA) is 26.0 Å². The molecule has 0 aliphatic heterocycles. The van der Waals surface area contributed by atoms with Crippen LogP contribution in [0.4, 0.5) is 4.39 Å². The molecule has 1 atom stereocenters. The van der Waals surface area contributed by atoms with Gasteiger partial charge in [0.05, 0.1) is 0 Å². The first kappa shape index (κ1) is 12.8. The van der Waals surface area contributed by atoms with E-state index in [-0.39, 0.29) is 11.9 Å². The molecule has 2 rings (SSSR count). The zero-order valence-corrected chi connectivity index (χ0v) is 11.3. The van der Waals surface area contributed by atoms with Crippen LogP contribution in [0.5, 0.6) is 0 Å². The fourth-order valence-corrected chi connectivity index (χ4v) is 2.75. The van der Waals surface area contributed by atoms with E-state index >= 15 is 0 Å². The van der Waals surface area contributed by atoms with E-state index in [0.29, 0.717) is 0 Å². The largest absolute Gasteiger partial charge is 0.324 e. The van der Waals surface area contributed by atoms with Crippen molar-refractivity contribution in [3.8, 4) is 0 Å². The van der Waals surface area contributed by atoms with Crippen LogP contribution >= 0.6 is 15.9 Å². The molecule has 17 heavy (non-hydrogen) atoms. The first-order chi connectivity index (χ1) is 8.15. The summed E-state index contributed by atoms with van der Waals surface area (Å²) in [4.78, 5) is 0. The van der Waals surface area contributed by atoms with Gasteiger partial charge >= 0.3 is 0 Å². The van der Waals surface area contributed by atoms with Crippen LogP contribution in [-0.4, -0.2) is 6.04 Å². The van der Waals surface area contributed by atoms with Crippen molar-refractivity contribution in [1.82, 2.24) is 0 Å². The summed E-state index contributed by atoms with van der Waals surface area (Å²) in [5.74, 6) is -0.202. The van der Waals surface area contributed by atoms with E-state index in [1.807, 2.05) is 6.07 Å². The number of hydrogen-bond donors (Lipinski definition) is 1. The molecule has 1 nitrogen and oxygen atoms in total. The first-order valence-corrected chi connectivity index (χ1v) is 6.83. The van der Waals surface area contributed by atoms with Gasteiger partial charge in [-0.2, -0.15) is 0 Å². The molecule has 1 unspecified atom stereocenters. The molecular weight excluding hydrogens is 281 g/mol. The molecule has 0 radical (unpaired) electrons. The highest BCUT2D eigenvalue weighted by molar-refractivity contribution is 9.10. The van der Waals surface area contributed by atoms with Crippen molar-refractivity contribution in [2.75, 3.05) is 0 Å². The normalized spacial score (nSPS) is 20.9. The van der Waals surface area contributed by atoms with Crippen molar-refractivity contribution in [3.63, 3.8) is 0 Å². The SMILES string of the molecule is NC1C=C(Cc2ccc(F)cc2Br)CCCC1. The van der Waals surface area contributed by atoms with Crippen molar-refractivity contribution in [3.05, 3.63) is 45.7 Å². The van der Waals surface area contributed by atoms with Gasteiger partial charge in [0.15, 0.2) is 0 Å². The summed E-state index contributed by atoms with van der Waals surface area (Å²) in [6, 6.07) is 5.06. The van der Waals surface area contributed by atoms with Crippen LogP contribution in [0.1, 0.15) is 31.2 Å². The van der Waals surface area contributed by atoms with E-state index in [4.69, 9.17) is 5.73 Å². The molecule has 0 spiro atoms. The Labute approximate surface area is 110 Å². The van der Waals surface area contributed by atoms with Gasteiger partial charge in [0.1, 0.15) is 5.82 Å². The zero-order valence-electron chi connectivity index (χ0n) is 9.76. The Bertz CT molecular complexity index is 428. The van der Waals surface area contributed by atoms with Crippen molar-refractivity contribution >= 4 is 15.9 Å². The van der Waals surface area contributed by atoms with Crippen LogP contribution < -0.4 is 5.73 Å². The molecule has 1 aromatic carbocycles. The summed E-state index contributed by atoms with van der Waals surface area (Å²) in [7, 11) is 0. The molecule has 0 fully saturated rings. The second-order valence-corrected chi connectivity index (χ2v) is 5.50. The van der Waals surface area contributed by atoms with E-state index in [2.05, 4.69) is 22.0 Å². The van der Waals surface area contributed by atoms with Gasteiger partial charge in [-0.1, -0.05) is 40.1 Å². The minimum Gasteiger partial charge on any atom is -0.324 e. The van der Waals surface area contributed by atoms with Crippen molar-refractivity contribution in [2.45, 2.75) is 38.1 Å². The summed E-state index contributed by atoms with van der Waals surface area (Å²) >= 11 is 3.41. The Kier molecular flexibility index (Phi) is 4.35. The van der Waals surface area contributed by atoms with Crippen LogP contribution in [0.2, 0.25) is 0 Å². The molecule has 0 bridgehead atoms. The predicted octanol–water partition coefficient (Wildman–Crippen LogP) is 3.96. The van der Waals surface area contributed by atoms with Gasteiger partial charge in [0.25, 0.3) is 0 Å². The number of rotatable bonds is 2. The summed E-state index contributed by atoms with van der Waals surface area (Å²) in [6.07, 6.45) is 7.65. The maximum absolute atomic E-state index is 13.0. The van der Waals surface area contributed by atoms with Crippen molar-refractivity contribution in [1.29, 1.82) is 0 Å². The predicted molar refractivity (Wildman–Crippen MR) is 72.3 cm³/mol. The average molecular weight is 298 g/mol. The minimum atomic E-state index is -0.202. The Morgan fingerprint density at radius 3 is 2.94 bits per heavy atom. The van der Waals surface area contributed by atoms with Gasteiger partial charge in [0.2, 0.25) is 0 Å². The van der Waals surface area contributed by atoms with Crippen LogP contribution in [0.15, 0.2) is 34.3 Å². The van der Waals surface area contributed by atoms with Crippen molar-refractivity contribution < 1.29 is 4.39 Å². The lowest BCUT2D eigenvalue weighted by molar-refractivity contribution is 0.626. The van der Waals surface area contributed by atoms with Crippen LogP contribution in [0, 0.1) is 5.82 Å². The van der Waals surface area contributed by atoms with E-state index in [0.717, 1.165) is 29.3 Å². The van der Waals surface area contributed by atoms with E-state index in [1.54, 1.807) is 0 Å². The monoisotopic (exact) mass is 297 g/mol. The lowest BCUT2D eigenvalue weighted by atomic mass is 10.0. The summed E-state index contributed by atoms with van der Waals surface area (Å²) < 4.78 is 13.8. The van der Waals surface area contributed by atoms with Gasteiger partial charge in [-0.25, -0.2) is 4.39 Å². The molecule has 0 amide bonds. The fraction of sp³-hybridized carbons (Fsp3) is 0.429. The van der Waals surface area contributed by atoms with Crippen molar-refractivity contribution in [2.24, 2.45) is 5.73 Å². The van der Waals surface area contributed by atoms with Gasteiger partial charge in [-0.05, 0) is 43.4 Å². The molecule has 2 N–H and O–H groups in total. The number of allylic oxidation sites excluding steroid dienone is 1. The molecule has 0 saturated carbocycles. The smallest absolute Gasteiger partial charge is 0.124 e. The molecule has 92 valence electrons. The first-order valence-electron chi connectivity index (χ1n) is 6.04. The lowest BCUT2D eigenvalue weighted by Gasteiger charge is -2.09. The average Bonchev–Trinajstić information content (AvgIpc) is 2.47. The Hall–Kier alpha value is -0.670. The third kappa shape index (κ3) is 3.65. The van der Waals surface area contributed by atoms with E-state index in [1.165, 1.54) is 30.5 Å². The van der Waals surface area contributed by atoms with E-state index < -0.39 is 0 Å². The molecule has 0 saturated heterocycles. The third-order valence-corrected chi connectivity index (χ3v) is 3.91. The molecule has 1 aromatic rings. The Balaban J connectivity index is 2.14.